The van der Waals surface area contributed by atoms with E-state index in [2.05, 4.69) is 9.87 Å². The first-order valence-corrected chi connectivity index (χ1v) is 8.60. The van der Waals surface area contributed by atoms with Crippen LogP contribution in [0.1, 0.15) is 5.56 Å². The van der Waals surface area contributed by atoms with Crippen molar-refractivity contribution in [2.45, 2.75) is 11.6 Å². The summed E-state index contributed by atoms with van der Waals surface area (Å²) in [5.41, 5.74) is 0.847. The number of benzene rings is 1. The molecule has 3 aromatic rings. The van der Waals surface area contributed by atoms with Crippen LogP contribution in [-0.4, -0.2) is 17.8 Å². The van der Waals surface area contributed by atoms with Crippen molar-refractivity contribution in [2.24, 2.45) is 0 Å². The Morgan fingerprint density at radius 1 is 1.33 bits per heavy atom. The highest BCUT2D eigenvalue weighted by Crippen LogP contribution is 2.25. The van der Waals surface area contributed by atoms with E-state index in [0.717, 1.165) is 5.56 Å². The third-order valence-corrected chi connectivity index (χ3v) is 5.05. The van der Waals surface area contributed by atoms with Gasteiger partial charge in [-0.2, -0.15) is 0 Å². The minimum Gasteiger partial charge on any atom is -0.282 e. The SMILES string of the molecule is O=S(=O)(NOCc1ccccc1)c1c(Cl)nc2sccn12. The maximum absolute atomic E-state index is 12.2. The van der Waals surface area contributed by atoms with Gasteiger partial charge in [0.15, 0.2) is 15.1 Å². The Morgan fingerprint density at radius 3 is 2.86 bits per heavy atom. The fourth-order valence-electron chi connectivity index (χ4n) is 1.78. The van der Waals surface area contributed by atoms with Gasteiger partial charge in [-0.3, -0.25) is 9.24 Å². The second-order valence-electron chi connectivity index (χ2n) is 4.12. The molecule has 0 bridgehead atoms. The van der Waals surface area contributed by atoms with E-state index in [4.69, 9.17) is 16.4 Å². The summed E-state index contributed by atoms with van der Waals surface area (Å²) in [5.74, 6) is 0. The molecule has 0 aliphatic carbocycles. The van der Waals surface area contributed by atoms with Crippen LogP contribution in [-0.2, 0) is 21.5 Å². The number of rotatable bonds is 5. The highest BCUT2D eigenvalue weighted by molar-refractivity contribution is 7.89. The smallest absolute Gasteiger partial charge is 0.281 e. The number of thiazole rings is 1. The summed E-state index contributed by atoms with van der Waals surface area (Å²) in [5, 5.41) is 1.51. The number of fused-ring (bicyclic) bond motifs is 1. The zero-order valence-corrected chi connectivity index (χ0v) is 13.0. The van der Waals surface area contributed by atoms with Crippen LogP contribution in [0.15, 0.2) is 46.9 Å². The molecule has 9 heteroatoms. The average molecular weight is 344 g/mol. The summed E-state index contributed by atoms with van der Waals surface area (Å²) in [6.45, 7) is 0.114. The van der Waals surface area contributed by atoms with Crippen molar-refractivity contribution < 1.29 is 13.3 Å². The molecule has 0 aliphatic rings. The van der Waals surface area contributed by atoms with Gasteiger partial charge in [0.2, 0.25) is 0 Å². The number of sulfonamides is 1. The van der Waals surface area contributed by atoms with Gasteiger partial charge in [0.25, 0.3) is 10.0 Å². The molecule has 0 radical (unpaired) electrons. The minimum absolute atomic E-state index is 0.0855. The monoisotopic (exact) mass is 343 g/mol. The molecule has 3 rings (SSSR count). The van der Waals surface area contributed by atoms with Crippen LogP contribution in [0.5, 0.6) is 0 Å². The fourth-order valence-corrected chi connectivity index (χ4v) is 4.05. The van der Waals surface area contributed by atoms with E-state index in [9.17, 15) is 8.42 Å². The molecule has 0 atom stereocenters. The predicted octanol–water partition coefficient (Wildman–Crippen LogP) is 2.46. The lowest BCUT2D eigenvalue weighted by Crippen LogP contribution is -2.25. The van der Waals surface area contributed by atoms with Crippen LogP contribution in [0, 0.1) is 0 Å². The highest BCUT2D eigenvalue weighted by atomic mass is 35.5. The summed E-state index contributed by atoms with van der Waals surface area (Å²) in [4.78, 5) is 11.6. The molecule has 2 aromatic heterocycles. The van der Waals surface area contributed by atoms with Gasteiger partial charge in [-0.15, -0.1) is 11.3 Å². The van der Waals surface area contributed by atoms with E-state index >= 15 is 0 Å². The molecule has 0 amide bonds. The Hall–Kier alpha value is -1.45. The normalized spacial score (nSPS) is 12.0. The number of hydrogen-bond donors (Lipinski definition) is 1. The van der Waals surface area contributed by atoms with Crippen molar-refractivity contribution in [1.82, 2.24) is 14.3 Å². The summed E-state index contributed by atoms with van der Waals surface area (Å²) >= 11 is 7.18. The van der Waals surface area contributed by atoms with Gasteiger partial charge in [-0.25, -0.2) is 13.4 Å². The van der Waals surface area contributed by atoms with Crippen LogP contribution in [0.2, 0.25) is 5.15 Å². The van der Waals surface area contributed by atoms with E-state index in [-0.39, 0.29) is 16.8 Å². The molecule has 0 saturated heterocycles. The largest absolute Gasteiger partial charge is 0.282 e. The Morgan fingerprint density at radius 2 is 2.10 bits per heavy atom. The fraction of sp³-hybridized carbons (Fsp3) is 0.0833. The molecule has 0 spiro atoms. The molecule has 1 N–H and O–H groups in total. The molecule has 2 heterocycles. The molecule has 110 valence electrons. The summed E-state index contributed by atoms with van der Waals surface area (Å²) in [7, 11) is -3.91. The molecule has 1 aromatic carbocycles. The number of nitrogens with zero attached hydrogens (tertiary/aromatic N) is 2. The van der Waals surface area contributed by atoms with Crippen molar-refractivity contribution in [2.75, 3.05) is 0 Å². The van der Waals surface area contributed by atoms with Crippen molar-refractivity contribution in [1.29, 1.82) is 0 Å². The standard InChI is InChI=1S/C12H10ClN3O3S2/c13-10-11(16-6-7-20-12(16)14-10)21(17,18)15-19-8-9-4-2-1-3-5-9/h1-7,15H,8H2. The predicted molar refractivity (Wildman–Crippen MR) is 79.6 cm³/mol. The summed E-state index contributed by atoms with van der Waals surface area (Å²) < 4.78 is 25.9. The number of halogens is 1. The number of aromatic nitrogens is 2. The van der Waals surface area contributed by atoms with E-state index < -0.39 is 10.0 Å². The molecule has 0 saturated carbocycles. The van der Waals surface area contributed by atoms with Gasteiger partial charge in [0.05, 0.1) is 6.61 Å². The Bertz CT molecular complexity index is 858. The molecule has 0 unspecified atom stereocenters. The second-order valence-corrected chi connectivity index (χ2v) is 6.92. The van der Waals surface area contributed by atoms with Crippen molar-refractivity contribution >= 4 is 37.9 Å². The van der Waals surface area contributed by atoms with Gasteiger partial charge >= 0.3 is 0 Å². The summed E-state index contributed by atoms with van der Waals surface area (Å²) in [6, 6.07) is 9.22. The van der Waals surface area contributed by atoms with E-state index in [0.29, 0.717) is 4.96 Å². The van der Waals surface area contributed by atoms with Crippen LogP contribution in [0.4, 0.5) is 0 Å². The average Bonchev–Trinajstić information content (AvgIpc) is 2.99. The van der Waals surface area contributed by atoms with Crippen molar-refractivity contribution in [3.05, 3.63) is 52.6 Å². The van der Waals surface area contributed by atoms with Crippen molar-refractivity contribution in [3.8, 4) is 0 Å². The first kappa shape index (κ1) is 14.5. The van der Waals surface area contributed by atoms with Crippen LogP contribution in [0.3, 0.4) is 0 Å². The zero-order chi connectivity index (χ0) is 14.9. The zero-order valence-electron chi connectivity index (χ0n) is 10.6. The molecule has 21 heavy (non-hydrogen) atoms. The lowest BCUT2D eigenvalue weighted by Gasteiger charge is -2.06. The minimum atomic E-state index is -3.91. The molecule has 0 fully saturated rings. The van der Waals surface area contributed by atoms with Gasteiger partial charge in [-0.05, 0) is 5.56 Å². The van der Waals surface area contributed by atoms with Gasteiger partial charge in [0.1, 0.15) is 0 Å². The second kappa shape index (κ2) is 5.74. The van der Waals surface area contributed by atoms with E-state index in [1.165, 1.54) is 15.7 Å². The Labute approximate surface area is 130 Å². The highest BCUT2D eigenvalue weighted by Gasteiger charge is 2.25. The van der Waals surface area contributed by atoms with E-state index in [1.54, 1.807) is 11.6 Å². The van der Waals surface area contributed by atoms with Gasteiger partial charge in [-0.1, -0.05) is 46.8 Å². The molecular weight excluding hydrogens is 334 g/mol. The Balaban J connectivity index is 1.78. The molecular formula is C12H10ClN3O3S2. The van der Waals surface area contributed by atoms with Crippen LogP contribution >= 0.6 is 22.9 Å². The van der Waals surface area contributed by atoms with Crippen LogP contribution < -0.4 is 4.89 Å². The first-order chi connectivity index (χ1) is 10.1. The van der Waals surface area contributed by atoms with Gasteiger partial charge in [0, 0.05) is 11.6 Å². The number of hydrogen-bond acceptors (Lipinski definition) is 5. The quantitative estimate of drug-likeness (QED) is 0.722. The molecule has 6 nitrogen and oxygen atoms in total. The maximum Gasteiger partial charge on any atom is 0.281 e. The van der Waals surface area contributed by atoms with Gasteiger partial charge < -0.3 is 0 Å². The van der Waals surface area contributed by atoms with Crippen molar-refractivity contribution in [3.63, 3.8) is 0 Å². The molecule has 0 aliphatic heterocycles. The number of nitrogens with one attached hydrogen (secondary N) is 1. The Kier molecular flexibility index (Phi) is 3.96. The lowest BCUT2D eigenvalue weighted by molar-refractivity contribution is 0.0793. The third-order valence-electron chi connectivity index (χ3n) is 2.68. The topological polar surface area (TPSA) is 72.7 Å². The van der Waals surface area contributed by atoms with E-state index in [1.807, 2.05) is 30.3 Å². The summed E-state index contributed by atoms with van der Waals surface area (Å²) in [6.07, 6.45) is 1.59. The third kappa shape index (κ3) is 2.94. The maximum atomic E-state index is 12.2. The lowest BCUT2D eigenvalue weighted by atomic mass is 10.2. The van der Waals surface area contributed by atoms with Crippen LogP contribution in [0.25, 0.3) is 4.96 Å². The number of imidazole rings is 1. The first-order valence-electron chi connectivity index (χ1n) is 5.86.